The van der Waals surface area contributed by atoms with E-state index in [2.05, 4.69) is 32.2 Å². The Hall–Kier alpha value is -6.73. The average Bonchev–Trinajstić information content (AvgIpc) is 3.70. The maximum Gasteiger partial charge on any atom is 0.266 e. The van der Waals surface area contributed by atoms with Gasteiger partial charge < -0.3 is 33.9 Å². The number of aliphatic hydroxyl groups excluding tert-OH is 1. The van der Waals surface area contributed by atoms with Crippen LogP contribution in [-0.2, 0) is 33.0 Å². The Morgan fingerprint density at radius 1 is 0.769 bits per heavy atom. The number of carbonyl (C=O) groups excluding carboxylic acids is 3. The lowest BCUT2D eigenvalue weighted by atomic mass is 9.82. The molecule has 0 aliphatic carbocycles. The summed E-state index contributed by atoms with van der Waals surface area (Å²) in [7, 11) is 0.661. The van der Waals surface area contributed by atoms with E-state index in [0.717, 1.165) is 22.1 Å². The van der Waals surface area contributed by atoms with Gasteiger partial charge in [0.15, 0.2) is 11.4 Å². The maximum atomic E-state index is 15.6. The molecule has 4 atom stereocenters. The Kier molecular flexibility index (Phi) is 11.8. The molecule has 0 radical (unpaired) electrons. The number of anilines is 3. The molecule has 11 nitrogen and oxygen atoms in total. The van der Waals surface area contributed by atoms with Crippen molar-refractivity contribution in [1.82, 2.24) is 4.90 Å². The van der Waals surface area contributed by atoms with Gasteiger partial charge in [-0.25, -0.2) is 0 Å². The lowest BCUT2D eigenvalue weighted by molar-refractivity contribution is -0.150. The van der Waals surface area contributed by atoms with Crippen molar-refractivity contribution in [1.29, 1.82) is 0 Å². The van der Waals surface area contributed by atoms with Crippen LogP contribution in [0.25, 0.3) is 0 Å². The van der Waals surface area contributed by atoms with Crippen molar-refractivity contribution in [2.24, 2.45) is 5.92 Å². The predicted octanol–water partition coefficient (Wildman–Crippen LogP) is 8.96. The number of rotatable bonds is 13. The molecule has 1 saturated heterocycles. The molecule has 3 aliphatic rings. The number of hydrogen-bond donors (Lipinski definition) is 1. The lowest BCUT2D eigenvalue weighted by Gasteiger charge is -2.37. The summed E-state index contributed by atoms with van der Waals surface area (Å²) in [6.45, 7) is 7.20. The van der Waals surface area contributed by atoms with Crippen LogP contribution in [0.5, 0.6) is 23.0 Å². The fraction of sp³-hybridized carbons (Fsp3) is 0.264. The number of fused-ring (bicyclic) bond motifs is 4. The zero-order chi connectivity index (χ0) is 45.5. The van der Waals surface area contributed by atoms with Gasteiger partial charge >= 0.3 is 0 Å². The second kappa shape index (κ2) is 17.7. The van der Waals surface area contributed by atoms with Crippen LogP contribution in [0.15, 0.2) is 146 Å². The Morgan fingerprint density at radius 2 is 1.43 bits per heavy atom. The molecule has 0 saturated carbocycles. The van der Waals surface area contributed by atoms with Crippen molar-refractivity contribution in [3.63, 3.8) is 0 Å². The quantitative estimate of drug-likeness (QED) is 0.114. The molecule has 332 valence electrons. The van der Waals surface area contributed by atoms with E-state index in [1.54, 1.807) is 41.1 Å². The van der Waals surface area contributed by atoms with Crippen LogP contribution in [-0.4, -0.2) is 69.3 Å². The third kappa shape index (κ3) is 7.75. The number of hydrogen-bond acceptors (Lipinski definition) is 8. The van der Waals surface area contributed by atoms with Crippen LogP contribution in [0, 0.1) is 5.92 Å². The lowest BCUT2D eigenvalue weighted by Crippen LogP contribution is -2.52. The minimum absolute atomic E-state index is 0.0259. The Balaban J connectivity index is 1.08. The zero-order valence-electron chi connectivity index (χ0n) is 37.3. The van der Waals surface area contributed by atoms with Gasteiger partial charge in [0, 0.05) is 30.3 Å². The molecule has 3 amide bonds. The standard InChI is InChI=1S/C53H53N3O8Si/c1-35-50(65(4,5)41-26-23-39(61-2)24-27-41)48(32-49(58)54(29-30-57)33-36-13-7-6-8-14-36)64-53(35)43-31-40(62-3)25-28-44(43)55(52(53)60)34-37-19-21-38(22-20-37)56-45-16-10-12-18-47(45)63-46-17-11-9-15-42(46)51(56)59/h6-28,31,35,48,50,57H,29-30,32-34H2,1-5H3/t35-,48+,50-,53+/m0/s1. The molecule has 9 rings (SSSR count). The van der Waals surface area contributed by atoms with Crippen LogP contribution in [0.3, 0.4) is 0 Å². The first-order valence-electron chi connectivity index (χ1n) is 22.0. The summed E-state index contributed by atoms with van der Waals surface area (Å²) >= 11 is 0. The summed E-state index contributed by atoms with van der Waals surface area (Å²) in [5, 5.41) is 11.3. The van der Waals surface area contributed by atoms with Crippen LogP contribution in [0.1, 0.15) is 40.4 Å². The Bertz CT molecular complexity index is 2730. The van der Waals surface area contributed by atoms with E-state index in [1.165, 1.54) is 0 Å². The van der Waals surface area contributed by atoms with Crippen molar-refractivity contribution >= 4 is 48.0 Å². The highest BCUT2D eigenvalue weighted by molar-refractivity contribution is 6.91. The van der Waals surface area contributed by atoms with Gasteiger partial charge in [0.25, 0.3) is 11.8 Å². The minimum Gasteiger partial charge on any atom is -0.497 e. The van der Waals surface area contributed by atoms with Gasteiger partial charge in [-0.1, -0.05) is 104 Å². The smallest absolute Gasteiger partial charge is 0.266 e. The van der Waals surface area contributed by atoms with Crippen LogP contribution in [0.2, 0.25) is 18.6 Å². The first kappa shape index (κ1) is 43.5. The maximum absolute atomic E-state index is 15.6. The number of methoxy groups -OCH3 is 2. The van der Waals surface area contributed by atoms with E-state index in [4.69, 9.17) is 18.9 Å². The Labute approximate surface area is 380 Å². The van der Waals surface area contributed by atoms with Crippen molar-refractivity contribution in [2.75, 3.05) is 37.2 Å². The van der Waals surface area contributed by atoms with Crippen molar-refractivity contribution < 1.29 is 38.4 Å². The second-order valence-corrected chi connectivity index (χ2v) is 22.2. The van der Waals surface area contributed by atoms with Gasteiger partial charge in [-0.2, -0.15) is 0 Å². The van der Waals surface area contributed by atoms with Crippen LogP contribution >= 0.6 is 0 Å². The molecule has 1 spiro atoms. The topological polar surface area (TPSA) is 118 Å². The largest absolute Gasteiger partial charge is 0.497 e. The van der Waals surface area contributed by atoms with Gasteiger partial charge in [-0.3, -0.25) is 19.3 Å². The van der Waals surface area contributed by atoms with E-state index in [9.17, 15) is 14.7 Å². The van der Waals surface area contributed by atoms with Crippen molar-refractivity contribution in [3.05, 3.63) is 168 Å². The predicted molar refractivity (Wildman–Crippen MR) is 253 cm³/mol. The molecule has 1 N–H and O–H groups in total. The van der Waals surface area contributed by atoms with E-state index in [0.29, 0.717) is 52.0 Å². The molecule has 0 bridgehead atoms. The summed E-state index contributed by atoms with van der Waals surface area (Å²) in [5.74, 6) is 1.44. The molecule has 0 aromatic heterocycles. The van der Waals surface area contributed by atoms with Gasteiger partial charge in [-0.15, -0.1) is 0 Å². The molecule has 12 heteroatoms. The number of carbonyl (C=O) groups is 3. The van der Waals surface area contributed by atoms with Crippen LogP contribution < -0.4 is 29.2 Å². The number of amides is 3. The Morgan fingerprint density at radius 3 is 2.14 bits per heavy atom. The normalized spacial score (nSPS) is 19.9. The van der Waals surface area contributed by atoms with E-state index < -0.39 is 19.8 Å². The van der Waals surface area contributed by atoms with E-state index in [1.807, 2.05) is 121 Å². The minimum atomic E-state index is -2.59. The van der Waals surface area contributed by atoms with Crippen molar-refractivity contribution in [2.45, 2.75) is 56.8 Å². The molecule has 65 heavy (non-hydrogen) atoms. The first-order valence-corrected chi connectivity index (χ1v) is 25.1. The summed E-state index contributed by atoms with van der Waals surface area (Å²) in [6, 6.07) is 45.9. The zero-order valence-corrected chi connectivity index (χ0v) is 38.3. The molecule has 3 heterocycles. The van der Waals surface area contributed by atoms with Gasteiger partial charge in [0.2, 0.25) is 5.91 Å². The number of aliphatic hydroxyl groups is 1. The summed E-state index contributed by atoms with van der Waals surface area (Å²) < 4.78 is 24.9. The molecule has 3 aliphatic heterocycles. The highest BCUT2D eigenvalue weighted by Gasteiger charge is 2.66. The number of ether oxygens (including phenoxy) is 4. The molecule has 6 aromatic carbocycles. The highest BCUT2D eigenvalue weighted by atomic mass is 28.3. The van der Waals surface area contributed by atoms with Gasteiger partial charge in [0.05, 0.1) is 64.9 Å². The molecular formula is C53H53N3O8Si. The number of benzene rings is 6. The van der Waals surface area contributed by atoms with E-state index in [-0.39, 0.29) is 55.3 Å². The summed E-state index contributed by atoms with van der Waals surface area (Å²) in [4.78, 5) is 49.4. The summed E-state index contributed by atoms with van der Waals surface area (Å²) in [6.07, 6.45) is -0.610. The van der Waals surface area contributed by atoms with Gasteiger partial charge in [0.1, 0.15) is 17.2 Å². The fourth-order valence-corrected chi connectivity index (χ4v) is 14.3. The third-order valence-corrected chi connectivity index (χ3v) is 17.9. The van der Waals surface area contributed by atoms with Gasteiger partial charge in [-0.05, 0) is 83.4 Å². The SMILES string of the molecule is COc1ccc([Si](C)(C)[C@@H]2[C@@H](CC(=O)N(CCO)Cc3ccccc3)O[C@]3(C(=O)N(Cc4ccc(N5C(=O)c6ccccc6Oc6ccccc65)cc4)c4ccc(OC)cc43)[C@H]2C)cc1. The summed E-state index contributed by atoms with van der Waals surface area (Å²) in [5.41, 5.74) is 3.29. The molecule has 6 aromatic rings. The average molecular weight is 888 g/mol. The molecule has 1 fully saturated rings. The number of nitrogens with zero attached hydrogens (tertiary/aromatic N) is 3. The molecular weight excluding hydrogens is 835 g/mol. The molecule has 0 unspecified atom stereocenters. The monoisotopic (exact) mass is 887 g/mol. The van der Waals surface area contributed by atoms with Crippen molar-refractivity contribution in [3.8, 4) is 23.0 Å². The fourth-order valence-electron chi connectivity index (χ4n) is 10.3. The number of para-hydroxylation sites is 3. The highest BCUT2D eigenvalue weighted by Crippen LogP contribution is 2.60. The first-order chi connectivity index (χ1) is 31.5. The van der Waals surface area contributed by atoms with Crippen LogP contribution in [0.4, 0.5) is 17.1 Å². The third-order valence-electron chi connectivity index (χ3n) is 13.5. The second-order valence-electron chi connectivity index (χ2n) is 17.5. The van der Waals surface area contributed by atoms with E-state index >= 15 is 4.79 Å².